The van der Waals surface area contributed by atoms with E-state index in [1.54, 1.807) is 6.33 Å². The van der Waals surface area contributed by atoms with E-state index in [9.17, 15) is 0 Å². The maximum atomic E-state index is 5.66. The fourth-order valence-electron chi connectivity index (χ4n) is 2.55. The highest BCUT2D eigenvalue weighted by Crippen LogP contribution is 2.21. The topological polar surface area (TPSA) is 59.1 Å². The van der Waals surface area contributed by atoms with E-state index in [0.29, 0.717) is 0 Å². The average molecular weight is 348 g/mol. The molecular weight excluding hydrogens is 324 g/mol. The molecule has 0 saturated heterocycles. The van der Waals surface area contributed by atoms with E-state index in [-0.39, 0.29) is 6.10 Å². The zero-order valence-corrected chi connectivity index (χ0v) is 15.4. The SMILES string of the molecule is Cc1ccccc1CNc1cc(Nc2ccc(OC(C)C)cc2)ncn1. The zero-order chi connectivity index (χ0) is 18.4. The van der Waals surface area contributed by atoms with Crippen LogP contribution in [-0.4, -0.2) is 16.1 Å². The highest BCUT2D eigenvalue weighted by Gasteiger charge is 2.03. The van der Waals surface area contributed by atoms with E-state index in [2.05, 4.69) is 39.7 Å². The van der Waals surface area contributed by atoms with Crippen molar-refractivity contribution >= 4 is 17.3 Å². The number of aromatic nitrogens is 2. The molecule has 3 rings (SSSR count). The molecule has 3 aromatic rings. The van der Waals surface area contributed by atoms with Gasteiger partial charge in [-0.2, -0.15) is 0 Å². The first-order valence-electron chi connectivity index (χ1n) is 8.74. The van der Waals surface area contributed by atoms with Gasteiger partial charge in [-0.3, -0.25) is 0 Å². The van der Waals surface area contributed by atoms with Gasteiger partial charge >= 0.3 is 0 Å². The van der Waals surface area contributed by atoms with Crippen LogP contribution in [0.2, 0.25) is 0 Å². The minimum absolute atomic E-state index is 0.164. The van der Waals surface area contributed by atoms with Gasteiger partial charge in [0.1, 0.15) is 23.7 Å². The van der Waals surface area contributed by atoms with Gasteiger partial charge < -0.3 is 15.4 Å². The molecule has 26 heavy (non-hydrogen) atoms. The summed E-state index contributed by atoms with van der Waals surface area (Å²) in [5.41, 5.74) is 3.46. The molecule has 1 heterocycles. The first-order chi connectivity index (χ1) is 12.6. The summed E-state index contributed by atoms with van der Waals surface area (Å²) in [5.74, 6) is 2.38. The third-order valence-electron chi connectivity index (χ3n) is 3.89. The summed E-state index contributed by atoms with van der Waals surface area (Å²) in [5, 5.41) is 6.64. The Bertz CT molecular complexity index is 847. The van der Waals surface area contributed by atoms with E-state index in [0.717, 1.165) is 29.6 Å². The van der Waals surface area contributed by atoms with Crippen molar-refractivity contribution in [2.24, 2.45) is 0 Å². The molecule has 0 bridgehead atoms. The molecule has 0 aliphatic heterocycles. The molecule has 0 unspecified atom stereocenters. The van der Waals surface area contributed by atoms with Crippen molar-refractivity contribution in [1.82, 2.24) is 9.97 Å². The summed E-state index contributed by atoms with van der Waals surface area (Å²) in [7, 11) is 0. The van der Waals surface area contributed by atoms with Crippen molar-refractivity contribution in [1.29, 1.82) is 0 Å². The molecule has 0 radical (unpaired) electrons. The second-order valence-electron chi connectivity index (χ2n) is 6.38. The molecule has 1 aromatic heterocycles. The molecule has 0 saturated carbocycles. The van der Waals surface area contributed by atoms with Crippen LogP contribution in [0.15, 0.2) is 60.9 Å². The van der Waals surface area contributed by atoms with E-state index in [1.165, 1.54) is 11.1 Å². The Morgan fingerprint density at radius 3 is 2.42 bits per heavy atom. The van der Waals surface area contributed by atoms with E-state index in [4.69, 9.17) is 4.74 Å². The van der Waals surface area contributed by atoms with E-state index in [1.807, 2.05) is 56.3 Å². The summed E-state index contributed by atoms with van der Waals surface area (Å²) < 4.78 is 5.66. The molecule has 5 nitrogen and oxygen atoms in total. The van der Waals surface area contributed by atoms with Crippen LogP contribution in [0.5, 0.6) is 5.75 Å². The molecule has 0 amide bonds. The molecule has 134 valence electrons. The average Bonchev–Trinajstić information content (AvgIpc) is 2.63. The summed E-state index contributed by atoms with van der Waals surface area (Å²) in [6.45, 7) is 6.86. The standard InChI is InChI=1S/C21H24N4O/c1-15(2)26-19-10-8-18(9-11-19)25-21-12-20(23-14-24-21)22-13-17-7-5-4-6-16(17)3/h4-12,14-15H,13H2,1-3H3,(H2,22,23,24,25). The number of hydrogen-bond acceptors (Lipinski definition) is 5. The van der Waals surface area contributed by atoms with Crippen LogP contribution in [-0.2, 0) is 6.54 Å². The molecule has 0 spiro atoms. The Hall–Kier alpha value is -3.08. The van der Waals surface area contributed by atoms with Gasteiger partial charge in [-0.15, -0.1) is 0 Å². The molecule has 0 atom stereocenters. The summed E-state index contributed by atoms with van der Waals surface area (Å²) in [6.07, 6.45) is 1.72. The van der Waals surface area contributed by atoms with Gasteiger partial charge in [0.2, 0.25) is 0 Å². The van der Waals surface area contributed by atoms with Gasteiger partial charge in [0, 0.05) is 18.3 Å². The summed E-state index contributed by atoms with van der Waals surface area (Å²) in [4.78, 5) is 8.57. The van der Waals surface area contributed by atoms with Crippen LogP contribution in [0.1, 0.15) is 25.0 Å². The van der Waals surface area contributed by atoms with Gasteiger partial charge in [-0.1, -0.05) is 24.3 Å². The molecule has 5 heteroatoms. The Balaban J connectivity index is 1.63. The van der Waals surface area contributed by atoms with Crippen LogP contribution in [0, 0.1) is 6.92 Å². The molecule has 2 N–H and O–H groups in total. The predicted octanol–water partition coefficient (Wildman–Crippen LogP) is 4.93. The van der Waals surface area contributed by atoms with Gasteiger partial charge in [0.05, 0.1) is 6.10 Å². The number of hydrogen-bond donors (Lipinski definition) is 2. The maximum Gasteiger partial charge on any atom is 0.135 e. The third-order valence-corrected chi connectivity index (χ3v) is 3.89. The first-order valence-corrected chi connectivity index (χ1v) is 8.74. The molecular formula is C21H24N4O. The summed E-state index contributed by atoms with van der Waals surface area (Å²) in [6, 6.07) is 18.0. The fraction of sp³-hybridized carbons (Fsp3) is 0.238. The van der Waals surface area contributed by atoms with Crippen LogP contribution >= 0.6 is 0 Å². The number of benzene rings is 2. The number of anilines is 3. The molecule has 0 aliphatic rings. The highest BCUT2D eigenvalue weighted by molar-refractivity contribution is 5.59. The van der Waals surface area contributed by atoms with Gasteiger partial charge in [0.15, 0.2) is 0 Å². The Morgan fingerprint density at radius 2 is 1.69 bits per heavy atom. The minimum Gasteiger partial charge on any atom is -0.491 e. The van der Waals surface area contributed by atoms with Crippen LogP contribution < -0.4 is 15.4 Å². The van der Waals surface area contributed by atoms with Crippen molar-refractivity contribution in [2.45, 2.75) is 33.4 Å². The number of nitrogens with zero attached hydrogens (tertiary/aromatic N) is 2. The quantitative estimate of drug-likeness (QED) is 0.634. The maximum absolute atomic E-state index is 5.66. The largest absolute Gasteiger partial charge is 0.491 e. The van der Waals surface area contributed by atoms with E-state index >= 15 is 0 Å². The molecule has 2 aromatic carbocycles. The number of rotatable bonds is 7. The van der Waals surface area contributed by atoms with Crippen LogP contribution in [0.25, 0.3) is 0 Å². The lowest BCUT2D eigenvalue weighted by molar-refractivity contribution is 0.242. The number of ether oxygens (including phenoxy) is 1. The monoisotopic (exact) mass is 348 g/mol. The van der Waals surface area contributed by atoms with Crippen molar-refractivity contribution in [2.75, 3.05) is 10.6 Å². The third kappa shape index (κ3) is 4.96. The van der Waals surface area contributed by atoms with E-state index < -0.39 is 0 Å². The lowest BCUT2D eigenvalue weighted by Crippen LogP contribution is -2.05. The van der Waals surface area contributed by atoms with Crippen molar-refractivity contribution in [3.8, 4) is 5.75 Å². The Labute approximate surface area is 154 Å². The Morgan fingerprint density at radius 1 is 0.962 bits per heavy atom. The summed E-state index contributed by atoms with van der Waals surface area (Å²) >= 11 is 0. The van der Waals surface area contributed by atoms with Crippen molar-refractivity contribution < 1.29 is 4.74 Å². The predicted molar refractivity (Wildman–Crippen MR) is 106 cm³/mol. The second kappa shape index (κ2) is 8.34. The molecule has 0 aliphatic carbocycles. The lowest BCUT2D eigenvalue weighted by Gasteiger charge is -2.12. The first kappa shape index (κ1) is 17.7. The van der Waals surface area contributed by atoms with Gasteiger partial charge in [0.25, 0.3) is 0 Å². The minimum atomic E-state index is 0.164. The van der Waals surface area contributed by atoms with Gasteiger partial charge in [-0.05, 0) is 56.2 Å². The second-order valence-corrected chi connectivity index (χ2v) is 6.38. The van der Waals surface area contributed by atoms with Crippen LogP contribution in [0.3, 0.4) is 0 Å². The number of nitrogens with one attached hydrogen (secondary N) is 2. The van der Waals surface area contributed by atoms with Crippen molar-refractivity contribution in [3.05, 3.63) is 72.1 Å². The molecule has 0 fully saturated rings. The Kier molecular flexibility index (Phi) is 5.69. The fourth-order valence-corrected chi connectivity index (χ4v) is 2.55. The number of aryl methyl sites for hydroxylation is 1. The van der Waals surface area contributed by atoms with Crippen molar-refractivity contribution in [3.63, 3.8) is 0 Å². The van der Waals surface area contributed by atoms with Gasteiger partial charge in [-0.25, -0.2) is 9.97 Å². The normalized spacial score (nSPS) is 10.6. The van der Waals surface area contributed by atoms with Crippen LogP contribution in [0.4, 0.5) is 17.3 Å². The smallest absolute Gasteiger partial charge is 0.135 e. The highest BCUT2D eigenvalue weighted by atomic mass is 16.5. The lowest BCUT2D eigenvalue weighted by atomic mass is 10.1. The zero-order valence-electron chi connectivity index (χ0n) is 15.4.